The lowest BCUT2D eigenvalue weighted by atomic mass is 10.2. The fraction of sp³-hybridized carbons (Fsp3) is 0.440. The van der Waals surface area contributed by atoms with Crippen molar-refractivity contribution in [2.24, 2.45) is 0 Å². The summed E-state index contributed by atoms with van der Waals surface area (Å²) >= 11 is 2.05. The SMILES string of the molecule is CCCS(=O)(=O)Nc1ccc(F)c(-n2cc(I)c3nc(N4CCN(C(=O)OC(C)(C)C)CC4)ccc32)c1F. The third kappa shape index (κ3) is 6.14. The Balaban J connectivity index is 1.61. The van der Waals surface area contributed by atoms with Crippen LogP contribution in [0.4, 0.5) is 25.1 Å². The van der Waals surface area contributed by atoms with Gasteiger partial charge in [-0.15, -0.1) is 0 Å². The number of pyridine rings is 1. The van der Waals surface area contributed by atoms with Crippen LogP contribution in [0.5, 0.6) is 0 Å². The molecule has 0 spiro atoms. The van der Waals surface area contributed by atoms with E-state index in [9.17, 15) is 17.6 Å². The Hall–Kier alpha value is -2.68. The van der Waals surface area contributed by atoms with Crippen molar-refractivity contribution in [2.45, 2.75) is 39.7 Å². The maximum atomic E-state index is 15.4. The average molecular weight is 662 g/mol. The lowest BCUT2D eigenvalue weighted by molar-refractivity contribution is 0.0240. The van der Waals surface area contributed by atoms with Gasteiger partial charge in [0.05, 0.1) is 20.5 Å². The fourth-order valence-electron chi connectivity index (χ4n) is 4.19. The van der Waals surface area contributed by atoms with Crippen LogP contribution in [0.2, 0.25) is 0 Å². The standard InChI is InChI=1S/C25H30F2IN5O4S/c1-5-14-38(35,36)30-18-7-6-16(26)23(21(18)27)33-15-17(28)22-19(33)8-9-20(29-22)31-10-12-32(13-11-31)24(34)37-25(2,3)4/h6-9,15,30H,5,10-14H2,1-4H3. The van der Waals surface area contributed by atoms with E-state index < -0.39 is 32.9 Å². The summed E-state index contributed by atoms with van der Waals surface area (Å²) in [5, 5.41) is 0. The smallest absolute Gasteiger partial charge is 0.410 e. The third-order valence-corrected chi connectivity index (χ3v) is 8.16. The minimum Gasteiger partial charge on any atom is -0.444 e. The first kappa shape index (κ1) is 28.3. The number of anilines is 2. The van der Waals surface area contributed by atoms with E-state index in [0.29, 0.717) is 53.0 Å². The van der Waals surface area contributed by atoms with E-state index >= 15 is 4.39 Å². The number of hydrogen-bond acceptors (Lipinski definition) is 6. The number of carbonyl (C=O) groups excluding carboxylic acids is 1. The van der Waals surface area contributed by atoms with Crippen LogP contribution >= 0.6 is 22.6 Å². The second-order valence-corrected chi connectivity index (χ2v) is 13.0. The molecule has 13 heteroatoms. The third-order valence-electron chi connectivity index (χ3n) is 5.89. The number of sulfonamides is 1. The van der Waals surface area contributed by atoms with Gasteiger partial charge in [-0.3, -0.25) is 4.72 Å². The number of fused-ring (bicyclic) bond motifs is 1. The highest BCUT2D eigenvalue weighted by Gasteiger charge is 2.27. The van der Waals surface area contributed by atoms with Gasteiger partial charge in [0.2, 0.25) is 10.0 Å². The molecular formula is C25H30F2IN5O4S. The number of benzene rings is 1. The number of hydrogen-bond donors (Lipinski definition) is 1. The van der Waals surface area contributed by atoms with E-state index in [4.69, 9.17) is 9.72 Å². The maximum absolute atomic E-state index is 15.4. The Morgan fingerprint density at radius 2 is 1.82 bits per heavy atom. The number of halogens is 3. The first-order valence-corrected chi connectivity index (χ1v) is 14.9. The molecule has 1 fully saturated rings. The van der Waals surface area contributed by atoms with Crippen LogP contribution in [0.25, 0.3) is 16.7 Å². The molecular weight excluding hydrogens is 631 g/mol. The van der Waals surface area contributed by atoms with Gasteiger partial charge in [-0.2, -0.15) is 0 Å². The van der Waals surface area contributed by atoms with Crippen LogP contribution in [0.15, 0.2) is 30.5 Å². The minimum absolute atomic E-state index is 0.178. The Bertz CT molecular complexity index is 1460. The zero-order chi connectivity index (χ0) is 27.8. The summed E-state index contributed by atoms with van der Waals surface area (Å²) in [6.07, 6.45) is 1.57. The molecule has 1 aliphatic rings. The summed E-state index contributed by atoms with van der Waals surface area (Å²) < 4.78 is 64.4. The van der Waals surface area contributed by atoms with Crippen LogP contribution in [0.1, 0.15) is 34.1 Å². The lowest BCUT2D eigenvalue weighted by Gasteiger charge is -2.36. The van der Waals surface area contributed by atoms with E-state index in [0.717, 1.165) is 12.1 Å². The molecule has 3 aromatic rings. The molecule has 4 rings (SSSR count). The summed E-state index contributed by atoms with van der Waals surface area (Å²) in [6, 6.07) is 5.60. The quantitative estimate of drug-likeness (QED) is 0.369. The minimum atomic E-state index is -3.77. The van der Waals surface area contributed by atoms with Gasteiger partial charge in [-0.25, -0.2) is 27.0 Å². The second kappa shape index (κ2) is 10.8. The van der Waals surface area contributed by atoms with Crippen molar-refractivity contribution in [3.05, 3.63) is 45.7 Å². The molecule has 1 saturated heterocycles. The molecule has 9 nitrogen and oxygen atoms in total. The van der Waals surface area contributed by atoms with Crippen LogP contribution in [-0.4, -0.2) is 66.5 Å². The Morgan fingerprint density at radius 3 is 2.45 bits per heavy atom. The molecule has 0 aliphatic carbocycles. The van der Waals surface area contributed by atoms with Crippen LogP contribution in [0, 0.1) is 15.2 Å². The van der Waals surface area contributed by atoms with E-state index in [-0.39, 0.29) is 17.5 Å². The number of nitrogens with one attached hydrogen (secondary N) is 1. The highest BCUT2D eigenvalue weighted by Crippen LogP contribution is 2.32. The van der Waals surface area contributed by atoms with E-state index in [2.05, 4.69) is 27.3 Å². The molecule has 1 amide bonds. The molecule has 206 valence electrons. The van der Waals surface area contributed by atoms with E-state index in [1.807, 2.05) is 25.7 Å². The average Bonchev–Trinajstić information content (AvgIpc) is 3.15. The lowest BCUT2D eigenvalue weighted by Crippen LogP contribution is -2.50. The van der Waals surface area contributed by atoms with Gasteiger partial charge < -0.3 is 19.1 Å². The van der Waals surface area contributed by atoms with Crippen molar-refractivity contribution in [3.63, 3.8) is 0 Å². The molecule has 0 atom stereocenters. The highest BCUT2D eigenvalue weighted by molar-refractivity contribution is 14.1. The van der Waals surface area contributed by atoms with Gasteiger partial charge in [0.25, 0.3) is 0 Å². The molecule has 1 aliphatic heterocycles. The van der Waals surface area contributed by atoms with Gasteiger partial charge in [0.1, 0.15) is 28.4 Å². The predicted molar refractivity (Wildman–Crippen MR) is 151 cm³/mol. The topological polar surface area (TPSA) is 96.8 Å². The van der Waals surface area contributed by atoms with Crippen LogP contribution < -0.4 is 9.62 Å². The normalized spacial score (nSPS) is 14.7. The highest BCUT2D eigenvalue weighted by atomic mass is 127. The summed E-state index contributed by atoms with van der Waals surface area (Å²) in [4.78, 5) is 20.8. The van der Waals surface area contributed by atoms with Gasteiger partial charge in [0, 0.05) is 32.4 Å². The van der Waals surface area contributed by atoms with Crippen molar-refractivity contribution in [1.29, 1.82) is 0 Å². The van der Waals surface area contributed by atoms with Crippen LogP contribution in [0.3, 0.4) is 0 Å². The number of ether oxygens (including phenoxy) is 1. The number of rotatable bonds is 6. The van der Waals surface area contributed by atoms with Gasteiger partial charge in [-0.05, 0) is 74.0 Å². The number of piperazine rings is 1. The molecule has 2 aromatic heterocycles. The second-order valence-electron chi connectivity index (χ2n) is 10.0. The first-order valence-electron chi connectivity index (χ1n) is 12.2. The van der Waals surface area contributed by atoms with Crippen molar-refractivity contribution in [3.8, 4) is 5.69 Å². The van der Waals surface area contributed by atoms with Crippen molar-refractivity contribution < 1.29 is 26.7 Å². The van der Waals surface area contributed by atoms with Gasteiger partial charge >= 0.3 is 6.09 Å². The zero-order valence-electron chi connectivity index (χ0n) is 21.6. The first-order chi connectivity index (χ1) is 17.8. The number of aromatic nitrogens is 2. The Labute approximate surface area is 234 Å². The number of nitrogens with zero attached hydrogens (tertiary/aromatic N) is 4. The summed E-state index contributed by atoms with van der Waals surface area (Å²) in [7, 11) is -3.77. The van der Waals surface area contributed by atoms with Crippen molar-refractivity contribution >= 4 is 61.2 Å². The van der Waals surface area contributed by atoms with Crippen molar-refractivity contribution in [1.82, 2.24) is 14.5 Å². The molecule has 0 saturated carbocycles. The van der Waals surface area contributed by atoms with E-state index in [1.54, 1.807) is 30.2 Å². The molecule has 0 radical (unpaired) electrons. The zero-order valence-corrected chi connectivity index (χ0v) is 24.6. The Morgan fingerprint density at radius 1 is 1.13 bits per heavy atom. The monoisotopic (exact) mass is 661 g/mol. The van der Waals surface area contributed by atoms with Gasteiger partial charge in [0.15, 0.2) is 5.82 Å². The molecule has 0 unspecified atom stereocenters. The molecule has 1 N–H and O–H groups in total. The predicted octanol–water partition coefficient (Wildman–Crippen LogP) is 5.12. The van der Waals surface area contributed by atoms with Crippen molar-refractivity contribution in [2.75, 3.05) is 41.6 Å². The largest absolute Gasteiger partial charge is 0.444 e. The maximum Gasteiger partial charge on any atom is 0.410 e. The van der Waals surface area contributed by atoms with E-state index in [1.165, 1.54) is 4.57 Å². The van der Waals surface area contributed by atoms with Crippen LogP contribution in [-0.2, 0) is 14.8 Å². The summed E-state index contributed by atoms with van der Waals surface area (Å²) in [6.45, 7) is 9.23. The summed E-state index contributed by atoms with van der Waals surface area (Å²) in [5.74, 6) is -1.35. The molecule has 3 heterocycles. The number of carbonyl (C=O) groups is 1. The summed E-state index contributed by atoms with van der Waals surface area (Å²) in [5.41, 5.74) is -0.261. The molecule has 1 aromatic carbocycles. The fourth-order valence-corrected chi connectivity index (χ4v) is 6.00. The molecule has 38 heavy (non-hydrogen) atoms. The van der Waals surface area contributed by atoms with Gasteiger partial charge in [-0.1, -0.05) is 6.92 Å². The Kier molecular flexibility index (Phi) is 8.07. The molecule has 0 bridgehead atoms. The number of amides is 1.